The van der Waals surface area contributed by atoms with Crippen molar-refractivity contribution in [3.05, 3.63) is 54.1 Å². The highest BCUT2D eigenvalue weighted by Gasteiger charge is 2.21. The van der Waals surface area contributed by atoms with E-state index < -0.39 is 11.5 Å². The highest BCUT2D eigenvalue weighted by Crippen LogP contribution is 2.19. The van der Waals surface area contributed by atoms with Crippen molar-refractivity contribution >= 4 is 35.0 Å². The molecule has 0 atom stereocenters. The molecule has 142 valence electrons. The first-order chi connectivity index (χ1) is 12.7. The minimum absolute atomic E-state index is 0.131. The van der Waals surface area contributed by atoms with Crippen LogP contribution in [0.15, 0.2) is 48.5 Å². The third-order valence-electron chi connectivity index (χ3n) is 3.64. The Balaban J connectivity index is 2.04. The summed E-state index contributed by atoms with van der Waals surface area (Å²) in [6.45, 7) is 5.45. The average molecular weight is 369 g/mol. The highest BCUT2D eigenvalue weighted by molar-refractivity contribution is 6.05. The molecule has 0 saturated carbocycles. The van der Waals surface area contributed by atoms with Crippen LogP contribution in [0.4, 0.5) is 21.9 Å². The third kappa shape index (κ3) is 5.85. The monoisotopic (exact) mass is 369 g/mol. The minimum atomic E-state index is -0.569. The molecule has 27 heavy (non-hydrogen) atoms. The van der Waals surface area contributed by atoms with Crippen molar-refractivity contribution in [2.24, 2.45) is 5.41 Å². The summed E-state index contributed by atoms with van der Waals surface area (Å²) in [4.78, 5) is 35.7. The molecule has 0 aliphatic rings. The molecule has 3 N–H and O–H groups in total. The van der Waals surface area contributed by atoms with Gasteiger partial charge < -0.3 is 15.4 Å². The number of carbonyl (C=O) groups is 3. The number of hydrogen-bond donors (Lipinski definition) is 3. The summed E-state index contributed by atoms with van der Waals surface area (Å²) in [5.74, 6) is -0.440. The van der Waals surface area contributed by atoms with Crippen LogP contribution in [-0.2, 0) is 9.53 Å². The Morgan fingerprint density at radius 3 is 1.96 bits per heavy atom. The number of amides is 3. The summed E-state index contributed by atoms with van der Waals surface area (Å²) in [5, 5.41) is 8.10. The molecule has 7 heteroatoms. The smallest absolute Gasteiger partial charge is 0.411 e. The Hall–Kier alpha value is -3.35. The van der Waals surface area contributed by atoms with Gasteiger partial charge in [-0.3, -0.25) is 14.9 Å². The van der Waals surface area contributed by atoms with Crippen LogP contribution in [0.5, 0.6) is 0 Å². The number of anilines is 3. The predicted molar refractivity (Wildman–Crippen MR) is 105 cm³/mol. The van der Waals surface area contributed by atoms with Gasteiger partial charge in [0, 0.05) is 28.0 Å². The second-order valence-corrected chi connectivity index (χ2v) is 6.93. The van der Waals surface area contributed by atoms with E-state index in [1.807, 2.05) is 20.8 Å². The van der Waals surface area contributed by atoms with Crippen molar-refractivity contribution in [2.75, 3.05) is 23.1 Å². The molecule has 0 fully saturated rings. The molecule has 2 aromatic carbocycles. The van der Waals surface area contributed by atoms with E-state index in [1.54, 1.807) is 48.5 Å². The summed E-state index contributed by atoms with van der Waals surface area (Å²) in [7, 11) is 1.28. The van der Waals surface area contributed by atoms with E-state index in [-0.39, 0.29) is 11.8 Å². The van der Waals surface area contributed by atoms with Gasteiger partial charge in [-0.05, 0) is 42.5 Å². The quantitative estimate of drug-likeness (QED) is 0.756. The number of nitrogens with one attached hydrogen (secondary N) is 3. The maximum absolute atomic E-state index is 12.4. The van der Waals surface area contributed by atoms with Gasteiger partial charge in [0.15, 0.2) is 0 Å². The van der Waals surface area contributed by atoms with Gasteiger partial charge in [0.25, 0.3) is 5.91 Å². The molecule has 0 spiro atoms. The summed E-state index contributed by atoms with van der Waals surface area (Å²) in [5.41, 5.74) is 1.56. The van der Waals surface area contributed by atoms with E-state index in [1.165, 1.54) is 7.11 Å². The molecule has 0 radical (unpaired) electrons. The van der Waals surface area contributed by atoms with Gasteiger partial charge >= 0.3 is 6.09 Å². The number of methoxy groups -OCH3 is 1. The second-order valence-electron chi connectivity index (χ2n) is 6.93. The third-order valence-corrected chi connectivity index (χ3v) is 3.64. The van der Waals surface area contributed by atoms with Crippen molar-refractivity contribution < 1.29 is 19.1 Å². The fourth-order valence-electron chi connectivity index (χ4n) is 2.07. The highest BCUT2D eigenvalue weighted by atomic mass is 16.5. The van der Waals surface area contributed by atoms with E-state index >= 15 is 0 Å². The lowest BCUT2D eigenvalue weighted by Gasteiger charge is -2.18. The zero-order valence-electron chi connectivity index (χ0n) is 15.8. The first-order valence-electron chi connectivity index (χ1n) is 8.37. The Morgan fingerprint density at radius 2 is 1.41 bits per heavy atom. The minimum Gasteiger partial charge on any atom is -0.453 e. The normalized spacial score (nSPS) is 10.7. The Morgan fingerprint density at radius 1 is 0.815 bits per heavy atom. The molecule has 7 nitrogen and oxygen atoms in total. The largest absolute Gasteiger partial charge is 0.453 e. The van der Waals surface area contributed by atoms with Gasteiger partial charge in [0.1, 0.15) is 0 Å². The fraction of sp³-hybridized carbons (Fsp3) is 0.250. The van der Waals surface area contributed by atoms with E-state index in [9.17, 15) is 14.4 Å². The molecule has 0 aliphatic carbocycles. The number of hydrogen-bond acceptors (Lipinski definition) is 4. The van der Waals surface area contributed by atoms with Gasteiger partial charge in [-0.15, -0.1) is 0 Å². The topological polar surface area (TPSA) is 96.5 Å². The van der Waals surface area contributed by atoms with Gasteiger partial charge in [-0.1, -0.05) is 26.8 Å². The SMILES string of the molecule is COC(=O)Nc1ccc(NC(=O)c2cccc(NC(=O)C(C)(C)C)c2)cc1. The van der Waals surface area contributed by atoms with Crippen LogP contribution in [0.2, 0.25) is 0 Å². The van der Waals surface area contributed by atoms with Crippen molar-refractivity contribution in [1.82, 2.24) is 0 Å². The average Bonchev–Trinajstić information content (AvgIpc) is 2.62. The molecule has 0 bridgehead atoms. The van der Waals surface area contributed by atoms with Crippen LogP contribution < -0.4 is 16.0 Å². The number of rotatable bonds is 4. The molecule has 0 unspecified atom stereocenters. The molecule has 2 aromatic rings. The van der Waals surface area contributed by atoms with Crippen LogP contribution in [0.3, 0.4) is 0 Å². The van der Waals surface area contributed by atoms with Crippen LogP contribution >= 0.6 is 0 Å². The summed E-state index contributed by atoms with van der Waals surface area (Å²) >= 11 is 0. The molecular weight excluding hydrogens is 346 g/mol. The molecule has 0 saturated heterocycles. The summed E-state index contributed by atoms with van der Waals surface area (Å²) in [6.07, 6.45) is -0.569. The fourth-order valence-corrected chi connectivity index (χ4v) is 2.07. The molecule has 0 aliphatic heterocycles. The summed E-state index contributed by atoms with van der Waals surface area (Å²) in [6, 6.07) is 13.3. The van der Waals surface area contributed by atoms with Gasteiger partial charge in [0.2, 0.25) is 5.91 Å². The molecule has 0 heterocycles. The van der Waals surface area contributed by atoms with E-state index in [2.05, 4.69) is 20.7 Å². The Bertz CT molecular complexity index is 839. The van der Waals surface area contributed by atoms with Crippen LogP contribution in [0.25, 0.3) is 0 Å². The first-order valence-corrected chi connectivity index (χ1v) is 8.37. The number of carbonyl (C=O) groups excluding carboxylic acids is 3. The zero-order valence-corrected chi connectivity index (χ0v) is 15.8. The maximum Gasteiger partial charge on any atom is 0.411 e. The lowest BCUT2D eigenvalue weighted by molar-refractivity contribution is -0.123. The van der Waals surface area contributed by atoms with Crippen molar-refractivity contribution in [2.45, 2.75) is 20.8 Å². The van der Waals surface area contributed by atoms with Crippen LogP contribution in [0.1, 0.15) is 31.1 Å². The first kappa shape index (κ1) is 20.0. The zero-order chi connectivity index (χ0) is 20.0. The van der Waals surface area contributed by atoms with Crippen LogP contribution in [0, 0.1) is 5.41 Å². The van der Waals surface area contributed by atoms with Crippen molar-refractivity contribution in [1.29, 1.82) is 0 Å². The number of benzene rings is 2. The summed E-state index contributed by atoms with van der Waals surface area (Å²) < 4.78 is 4.52. The van der Waals surface area contributed by atoms with Crippen molar-refractivity contribution in [3.8, 4) is 0 Å². The Labute approximate surface area is 158 Å². The molecule has 0 aromatic heterocycles. The lowest BCUT2D eigenvalue weighted by Crippen LogP contribution is -2.27. The lowest BCUT2D eigenvalue weighted by atomic mass is 9.95. The van der Waals surface area contributed by atoms with Crippen molar-refractivity contribution in [3.63, 3.8) is 0 Å². The molecule has 2 rings (SSSR count). The second kappa shape index (κ2) is 8.35. The van der Waals surface area contributed by atoms with Gasteiger partial charge in [-0.2, -0.15) is 0 Å². The number of ether oxygens (including phenoxy) is 1. The predicted octanol–water partition coefficient (Wildman–Crippen LogP) is 4.10. The van der Waals surface area contributed by atoms with E-state index in [4.69, 9.17) is 0 Å². The van der Waals surface area contributed by atoms with Crippen LogP contribution in [-0.4, -0.2) is 25.0 Å². The van der Waals surface area contributed by atoms with E-state index in [0.29, 0.717) is 22.6 Å². The van der Waals surface area contributed by atoms with Gasteiger partial charge in [-0.25, -0.2) is 4.79 Å². The molecule has 3 amide bonds. The van der Waals surface area contributed by atoms with Gasteiger partial charge in [0.05, 0.1) is 7.11 Å². The standard InChI is InChI=1S/C20H23N3O4/c1-20(2,3)18(25)22-16-7-5-6-13(12-16)17(24)21-14-8-10-15(11-9-14)23-19(26)27-4/h5-12H,1-4H3,(H,21,24)(H,22,25)(H,23,26). The Kier molecular flexibility index (Phi) is 6.18. The van der Waals surface area contributed by atoms with E-state index in [0.717, 1.165) is 0 Å². The maximum atomic E-state index is 12.4. The molecular formula is C20H23N3O4.